The average Bonchev–Trinajstić information content (AvgIpc) is 2.85. The number of nitrogens with zero attached hydrogens (tertiary/aromatic N) is 3. The molecule has 0 saturated heterocycles. The van der Waals surface area contributed by atoms with Gasteiger partial charge in [-0.3, -0.25) is 4.79 Å². The summed E-state index contributed by atoms with van der Waals surface area (Å²) in [5.41, 5.74) is 2.80. The summed E-state index contributed by atoms with van der Waals surface area (Å²) in [6, 6.07) is 6.76. The van der Waals surface area contributed by atoms with Crippen LogP contribution >= 0.6 is 11.3 Å². The summed E-state index contributed by atoms with van der Waals surface area (Å²) in [7, 11) is 0. The Labute approximate surface area is 116 Å². The zero-order chi connectivity index (χ0) is 14.3. The van der Waals surface area contributed by atoms with Crippen LogP contribution in [0.3, 0.4) is 0 Å². The molecule has 0 aliphatic carbocycles. The highest BCUT2D eigenvalue weighted by Crippen LogP contribution is 2.21. The third-order valence-electron chi connectivity index (χ3n) is 2.87. The Bertz CT molecular complexity index is 882. The molecule has 0 aliphatic heterocycles. The van der Waals surface area contributed by atoms with Gasteiger partial charge in [-0.05, 0) is 25.1 Å². The number of hydrogen-bond donors (Lipinski definition) is 1. The third-order valence-corrected chi connectivity index (χ3v) is 3.66. The van der Waals surface area contributed by atoms with Gasteiger partial charge in [0.1, 0.15) is 0 Å². The first kappa shape index (κ1) is 12.5. The molecule has 2 heterocycles. The minimum Gasteiger partial charge on any atom is -0.476 e. The van der Waals surface area contributed by atoms with Crippen molar-refractivity contribution in [3.05, 3.63) is 51.4 Å². The number of aryl methyl sites for hydroxylation is 1. The molecule has 0 saturated carbocycles. The van der Waals surface area contributed by atoms with Gasteiger partial charge in [-0.1, -0.05) is 0 Å². The van der Waals surface area contributed by atoms with Crippen LogP contribution in [0.4, 0.5) is 0 Å². The zero-order valence-electron chi connectivity index (χ0n) is 10.4. The second-order valence-corrected chi connectivity index (χ2v) is 5.11. The molecule has 6 nitrogen and oxygen atoms in total. The van der Waals surface area contributed by atoms with Gasteiger partial charge in [-0.15, -0.1) is 11.3 Å². The van der Waals surface area contributed by atoms with Crippen molar-refractivity contribution in [1.82, 2.24) is 14.8 Å². The monoisotopic (exact) mass is 287 g/mol. The van der Waals surface area contributed by atoms with E-state index in [9.17, 15) is 9.59 Å². The summed E-state index contributed by atoms with van der Waals surface area (Å²) < 4.78 is 2.42. The first-order valence-electron chi connectivity index (χ1n) is 5.74. The highest BCUT2D eigenvalue weighted by molar-refractivity contribution is 7.16. The van der Waals surface area contributed by atoms with E-state index < -0.39 is 17.1 Å². The Kier molecular flexibility index (Phi) is 2.83. The van der Waals surface area contributed by atoms with E-state index in [1.807, 2.05) is 12.1 Å². The van der Waals surface area contributed by atoms with E-state index in [-0.39, 0.29) is 0 Å². The lowest BCUT2D eigenvalue weighted by atomic mass is 10.2. The van der Waals surface area contributed by atoms with Crippen molar-refractivity contribution in [2.24, 2.45) is 0 Å². The van der Waals surface area contributed by atoms with Crippen LogP contribution in [0.15, 0.2) is 34.6 Å². The molecule has 0 atom stereocenters. The molecular weight excluding hydrogens is 278 g/mol. The molecule has 3 aromatic rings. The number of hydrogen-bond acceptors (Lipinski definition) is 5. The number of aromatic nitrogens is 3. The summed E-state index contributed by atoms with van der Waals surface area (Å²) in [5, 5.41) is 12.9. The Morgan fingerprint density at radius 2 is 2.15 bits per heavy atom. The number of carboxylic acid groups (broad SMARTS) is 1. The zero-order valence-corrected chi connectivity index (χ0v) is 11.2. The maximum absolute atomic E-state index is 11.6. The normalized spacial score (nSPS) is 10.8. The van der Waals surface area contributed by atoms with Gasteiger partial charge >= 0.3 is 5.97 Å². The number of fused-ring (bicyclic) bond motifs is 1. The van der Waals surface area contributed by atoms with Gasteiger partial charge in [0.15, 0.2) is 0 Å². The number of benzene rings is 1. The van der Waals surface area contributed by atoms with E-state index in [1.165, 1.54) is 22.1 Å². The van der Waals surface area contributed by atoms with Crippen molar-refractivity contribution in [1.29, 1.82) is 0 Å². The van der Waals surface area contributed by atoms with Crippen molar-refractivity contribution >= 4 is 27.5 Å². The quantitative estimate of drug-likeness (QED) is 0.777. The predicted molar refractivity (Wildman–Crippen MR) is 74.7 cm³/mol. The van der Waals surface area contributed by atoms with Gasteiger partial charge in [0.05, 0.1) is 21.4 Å². The summed E-state index contributed by atoms with van der Waals surface area (Å²) in [5.74, 6) is -1.33. The highest BCUT2D eigenvalue weighted by atomic mass is 32.1. The van der Waals surface area contributed by atoms with Gasteiger partial charge in [0.25, 0.3) is 0 Å². The van der Waals surface area contributed by atoms with E-state index in [4.69, 9.17) is 5.11 Å². The van der Waals surface area contributed by atoms with Crippen LogP contribution in [-0.2, 0) is 0 Å². The second kappa shape index (κ2) is 4.53. The van der Waals surface area contributed by atoms with E-state index in [2.05, 4.69) is 10.1 Å². The van der Waals surface area contributed by atoms with Crippen LogP contribution in [0.5, 0.6) is 0 Å². The summed E-state index contributed by atoms with van der Waals surface area (Å²) in [6.07, 6.45) is 0. The summed E-state index contributed by atoms with van der Waals surface area (Å²) in [6.45, 7) is 1.71. The molecule has 0 unspecified atom stereocenters. The summed E-state index contributed by atoms with van der Waals surface area (Å²) in [4.78, 5) is 26.8. The van der Waals surface area contributed by atoms with Crippen LogP contribution in [0.25, 0.3) is 15.9 Å². The first-order valence-corrected chi connectivity index (χ1v) is 6.62. The third kappa shape index (κ3) is 1.97. The fraction of sp³-hybridized carbons (Fsp3) is 0.0769. The van der Waals surface area contributed by atoms with Crippen LogP contribution < -0.4 is 5.43 Å². The molecule has 0 spiro atoms. The first-order chi connectivity index (χ1) is 9.56. The van der Waals surface area contributed by atoms with Crippen molar-refractivity contribution in [2.75, 3.05) is 0 Å². The number of aromatic carboxylic acids is 1. The standard InChI is InChI=1S/C13H9N3O3S/c1-7-4-10(17)12(13(18)19)15-16(7)8-2-3-9-11(5-8)20-6-14-9/h2-6H,1H3,(H,18,19). The van der Waals surface area contributed by atoms with Crippen LogP contribution in [0, 0.1) is 6.92 Å². The lowest BCUT2D eigenvalue weighted by Crippen LogP contribution is -2.22. The maximum Gasteiger partial charge on any atom is 0.360 e. The molecule has 20 heavy (non-hydrogen) atoms. The average molecular weight is 287 g/mol. The predicted octanol–water partition coefficient (Wildman–Crippen LogP) is 1.85. The van der Waals surface area contributed by atoms with Crippen molar-refractivity contribution < 1.29 is 9.90 Å². The molecular formula is C13H9N3O3S. The van der Waals surface area contributed by atoms with Crippen LogP contribution in [-0.4, -0.2) is 25.8 Å². The molecule has 0 amide bonds. The number of carboxylic acids is 1. The minimum absolute atomic E-state index is 0.486. The fourth-order valence-corrected chi connectivity index (χ4v) is 2.64. The van der Waals surface area contributed by atoms with Gasteiger partial charge in [-0.2, -0.15) is 5.10 Å². The molecule has 1 N–H and O–H groups in total. The molecule has 7 heteroatoms. The molecule has 0 aliphatic rings. The SMILES string of the molecule is Cc1cc(=O)c(C(=O)O)nn1-c1ccc2ncsc2c1. The molecule has 0 bridgehead atoms. The Hall–Kier alpha value is -2.54. The number of carbonyl (C=O) groups is 1. The van der Waals surface area contributed by atoms with E-state index in [0.717, 1.165) is 10.2 Å². The largest absolute Gasteiger partial charge is 0.476 e. The Morgan fingerprint density at radius 1 is 1.35 bits per heavy atom. The Balaban J connectivity index is 2.24. The van der Waals surface area contributed by atoms with Crippen LogP contribution in [0.2, 0.25) is 0 Å². The van der Waals surface area contributed by atoms with E-state index in [1.54, 1.807) is 18.5 Å². The lowest BCUT2D eigenvalue weighted by molar-refractivity contribution is 0.0686. The maximum atomic E-state index is 11.6. The van der Waals surface area contributed by atoms with Gasteiger partial charge in [0, 0.05) is 11.8 Å². The van der Waals surface area contributed by atoms with Crippen molar-refractivity contribution in [2.45, 2.75) is 6.92 Å². The highest BCUT2D eigenvalue weighted by Gasteiger charge is 2.14. The Morgan fingerprint density at radius 3 is 2.90 bits per heavy atom. The minimum atomic E-state index is -1.33. The molecule has 1 aromatic carbocycles. The van der Waals surface area contributed by atoms with Crippen molar-refractivity contribution in [3.8, 4) is 5.69 Å². The van der Waals surface area contributed by atoms with Crippen molar-refractivity contribution in [3.63, 3.8) is 0 Å². The van der Waals surface area contributed by atoms with Crippen LogP contribution in [0.1, 0.15) is 16.2 Å². The smallest absolute Gasteiger partial charge is 0.360 e. The number of thiazole rings is 1. The molecule has 2 aromatic heterocycles. The topological polar surface area (TPSA) is 85.1 Å². The van der Waals surface area contributed by atoms with Gasteiger partial charge < -0.3 is 5.11 Å². The number of rotatable bonds is 2. The van der Waals surface area contributed by atoms with E-state index in [0.29, 0.717) is 11.4 Å². The van der Waals surface area contributed by atoms with Gasteiger partial charge in [-0.25, -0.2) is 14.5 Å². The fourth-order valence-electron chi connectivity index (χ4n) is 1.93. The molecule has 3 rings (SSSR count). The lowest BCUT2D eigenvalue weighted by Gasteiger charge is -2.09. The summed E-state index contributed by atoms with van der Waals surface area (Å²) >= 11 is 1.49. The van der Waals surface area contributed by atoms with Gasteiger partial charge in [0.2, 0.25) is 11.1 Å². The second-order valence-electron chi connectivity index (χ2n) is 4.22. The molecule has 100 valence electrons. The molecule has 0 radical (unpaired) electrons. The van der Waals surface area contributed by atoms with E-state index >= 15 is 0 Å². The molecule has 0 fully saturated rings.